The number of thiophene rings is 1. The number of carbonyl (C=O) groups is 1. The topological polar surface area (TPSA) is 17.1 Å². The van der Waals surface area contributed by atoms with Crippen molar-refractivity contribution in [3.63, 3.8) is 0 Å². The second-order valence-corrected chi connectivity index (χ2v) is 5.17. The zero-order valence-corrected chi connectivity index (χ0v) is 9.37. The Labute approximate surface area is 86.9 Å². The van der Waals surface area contributed by atoms with Crippen LogP contribution in [0.2, 0.25) is 0 Å². The lowest BCUT2D eigenvalue weighted by molar-refractivity contribution is -0.109. The maximum atomic E-state index is 10.6. The summed E-state index contributed by atoms with van der Waals surface area (Å²) in [5.74, 6) is 0.770. The van der Waals surface area contributed by atoms with Gasteiger partial charge in [-0.3, -0.25) is 4.79 Å². The van der Waals surface area contributed by atoms with Crippen molar-refractivity contribution in [1.82, 2.24) is 0 Å². The van der Waals surface area contributed by atoms with Gasteiger partial charge in [-0.1, -0.05) is 17.8 Å². The quantitative estimate of drug-likeness (QED) is 0.764. The van der Waals surface area contributed by atoms with Crippen LogP contribution in [0.1, 0.15) is 16.7 Å². The molecule has 0 saturated carbocycles. The number of carbonyl (C=O) groups excluding carboxylic acids is 1. The average Bonchev–Trinajstić information content (AvgIpc) is 2.45. The summed E-state index contributed by atoms with van der Waals surface area (Å²) in [6.07, 6.45) is 4.09. The van der Waals surface area contributed by atoms with Gasteiger partial charge < -0.3 is 0 Å². The van der Waals surface area contributed by atoms with Crippen LogP contribution in [-0.2, 0) is 4.79 Å². The first-order valence-corrected chi connectivity index (χ1v) is 5.85. The molecular formula is C10H12OS2. The van der Waals surface area contributed by atoms with Crippen LogP contribution in [0.25, 0.3) is 6.08 Å². The fraction of sp³-hybridized carbons (Fsp3) is 0.300. The van der Waals surface area contributed by atoms with Gasteiger partial charge in [0.05, 0.1) is 0 Å². The van der Waals surface area contributed by atoms with E-state index in [1.807, 2.05) is 6.08 Å². The Balaban J connectivity index is 2.36. The molecule has 0 saturated heterocycles. The van der Waals surface area contributed by atoms with Crippen molar-refractivity contribution in [1.29, 1.82) is 0 Å². The third-order valence-corrected chi connectivity index (χ3v) is 3.16. The molecule has 0 atom stereocenters. The minimum absolute atomic E-state index is 0.173. The predicted molar refractivity (Wildman–Crippen MR) is 61.2 cm³/mol. The minimum atomic E-state index is 0.173. The Morgan fingerprint density at radius 1 is 1.62 bits per heavy atom. The molecule has 1 aromatic heterocycles. The lowest BCUT2D eigenvalue weighted by Gasteiger charge is -1.87. The van der Waals surface area contributed by atoms with E-state index in [9.17, 15) is 4.79 Å². The second-order valence-electron chi connectivity index (χ2n) is 2.65. The van der Waals surface area contributed by atoms with Gasteiger partial charge in [-0.2, -0.15) is 0 Å². The predicted octanol–water partition coefficient (Wildman–Crippen LogP) is 3.35. The van der Waals surface area contributed by atoms with E-state index in [2.05, 4.69) is 25.1 Å². The molecule has 70 valence electrons. The SMILES string of the molecule is CC(=O)SCC=Cc1ccc(C)s1. The first kappa shape index (κ1) is 10.5. The Morgan fingerprint density at radius 3 is 2.92 bits per heavy atom. The van der Waals surface area contributed by atoms with E-state index in [1.54, 1.807) is 18.3 Å². The zero-order valence-electron chi connectivity index (χ0n) is 7.74. The molecule has 0 radical (unpaired) electrons. The van der Waals surface area contributed by atoms with Crippen LogP contribution in [0, 0.1) is 6.92 Å². The van der Waals surface area contributed by atoms with Crippen LogP contribution in [0.3, 0.4) is 0 Å². The van der Waals surface area contributed by atoms with Crippen LogP contribution in [-0.4, -0.2) is 10.9 Å². The first-order chi connectivity index (χ1) is 6.18. The molecule has 1 nitrogen and oxygen atoms in total. The molecule has 0 unspecified atom stereocenters. The van der Waals surface area contributed by atoms with Gasteiger partial charge >= 0.3 is 0 Å². The smallest absolute Gasteiger partial charge is 0.186 e. The Bertz CT molecular complexity index is 312. The summed E-state index contributed by atoms with van der Waals surface area (Å²) in [5.41, 5.74) is 0. The van der Waals surface area contributed by atoms with Gasteiger partial charge in [0.25, 0.3) is 0 Å². The van der Waals surface area contributed by atoms with Gasteiger partial charge in [0.15, 0.2) is 5.12 Å². The summed E-state index contributed by atoms with van der Waals surface area (Å²) in [7, 11) is 0. The molecular weight excluding hydrogens is 200 g/mol. The highest BCUT2D eigenvalue weighted by Crippen LogP contribution is 2.16. The van der Waals surface area contributed by atoms with E-state index in [4.69, 9.17) is 0 Å². The Kier molecular flexibility index (Phi) is 4.25. The Morgan fingerprint density at radius 2 is 2.38 bits per heavy atom. The molecule has 1 aromatic rings. The van der Waals surface area contributed by atoms with E-state index >= 15 is 0 Å². The number of hydrogen-bond acceptors (Lipinski definition) is 3. The summed E-state index contributed by atoms with van der Waals surface area (Å²) in [5, 5.41) is 0.173. The summed E-state index contributed by atoms with van der Waals surface area (Å²) in [6.45, 7) is 3.68. The van der Waals surface area contributed by atoms with Gasteiger partial charge in [-0.15, -0.1) is 11.3 Å². The van der Waals surface area contributed by atoms with Gasteiger partial charge in [0.1, 0.15) is 0 Å². The normalized spacial score (nSPS) is 10.9. The molecule has 0 aromatic carbocycles. The molecule has 3 heteroatoms. The maximum absolute atomic E-state index is 10.6. The highest BCUT2D eigenvalue weighted by Gasteiger charge is 1.92. The number of aryl methyl sites for hydroxylation is 1. The van der Waals surface area contributed by atoms with E-state index in [0.29, 0.717) is 0 Å². The minimum Gasteiger partial charge on any atom is -0.288 e. The molecule has 13 heavy (non-hydrogen) atoms. The summed E-state index contributed by atoms with van der Waals surface area (Å²) in [6, 6.07) is 4.19. The zero-order chi connectivity index (χ0) is 9.68. The highest BCUT2D eigenvalue weighted by molar-refractivity contribution is 8.13. The van der Waals surface area contributed by atoms with Crippen LogP contribution < -0.4 is 0 Å². The number of thioether (sulfide) groups is 1. The number of rotatable bonds is 3. The van der Waals surface area contributed by atoms with Crippen molar-refractivity contribution in [2.45, 2.75) is 13.8 Å². The molecule has 0 spiro atoms. The fourth-order valence-corrected chi connectivity index (χ4v) is 2.11. The molecule has 1 heterocycles. The first-order valence-electron chi connectivity index (χ1n) is 4.05. The van der Waals surface area contributed by atoms with Crippen molar-refractivity contribution >= 4 is 34.3 Å². The van der Waals surface area contributed by atoms with E-state index in [1.165, 1.54) is 21.5 Å². The molecule has 0 aliphatic heterocycles. The largest absolute Gasteiger partial charge is 0.288 e. The van der Waals surface area contributed by atoms with Crippen molar-refractivity contribution in [3.05, 3.63) is 28.0 Å². The second kappa shape index (κ2) is 5.25. The van der Waals surface area contributed by atoms with E-state index in [-0.39, 0.29) is 5.12 Å². The highest BCUT2D eigenvalue weighted by atomic mass is 32.2. The maximum Gasteiger partial charge on any atom is 0.186 e. The van der Waals surface area contributed by atoms with Crippen molar-refractivity contribution in [3.8, 4) is 0 Å². The summed E-state index contributed by atoms with van der Waals surface area (Å²) >= 11 is 3.10. The molecule has 0 bridgehead atoms. The summed E-state index contributed by atoms with van der Waals surface area (Å²) < 4.78 is 0. The summed E-state index contributed by atoms with van der Waals surface area (Å²) in [4.78, 5) is 13.2. The molecule has 0 aliphatic carbocycles. The molecule has 0 aliphatic rings. The third kappa shape index (κ3) is 4.29. The van der Waals surface area contributed by atoms with Gasteiger partial charge in [-0.05, 0) is 25.1 Å². The van der Waals surface area contributed by atoms with Crippen LogP contribution in [0.5, 0.6) is 0 Å². The van der Waals surface area contributed by atoms with Crippen LogP contribution in [0.15, 0.2) is 18.2 Å². The van der Waals surface area contributed by atoms with Crippen molar-refractivity contribution in [2.75, 3.05) is 5.75 Å². The van der Waals surface area contributed by atoms with Gasteiger partial charge in [-0.25, -0.2) is 0 Å². The van der Waals surface area contributed by atoms with Crippen molar-refractivity contribution in [2.24, 2.45) is 0 Å². The molecule has 0 fully saturated rings. The average molecular weight is 212 g/mol. The monoisotopic (exact) mass is 212 g/mol. The molecule has 0 N–H and O–H groups in total. The molecule has 1 rings (SSSR count). The lowest BCUT2D eigenvalue weighted by atomic mass is 10.4. The van der Waals surface area contributed by atoms with E-state index in [0.717, 1.165) is 5.75 Å². The van der Waals surface area contributed by atoms with Crippen molar-refractivity contribution < 1.29 is 4.79 Å². The Hall–Kier alpha value is -0.540. The van der Waals surface area contributed by atoms with Gasteiger partial charge in [0, 0.05) is 22.4 Å². The lowest BCUT2D eigenvalue weighted by Crippen LogP contribution is -1.80. The molecule has 0 amide bonds. The van der Waals surface area contributed by atoms with E-state index < -0.39 is 0 Å². The van der Waals surface area contributed by atoms with Crippen LogP contribution >= 0.6 is 23.1 Å². The number of hydrogen-bond donors (Lipinski definition) is 0. The standard InChI is InChI=1S/C10H12OS2/c1-8-5-6-10(13-8)4-3-7-12-9(2)11/h3-6H,7H2,1-2H3. The fourth-order valence-electron chi connectivity index (χ4n) is 0.873. The third-order valence-electron chi connectivity index (χ3n) is 1.43. The van der Waals surface area contributed by atoms with Crippen LogP contribution in [0.4, 0.5) is 0 Å². The van der Waals surface area contributed by atoms with Gasteiger partial charge in [0.2, 0.25) is 0 Å².